The fourth-order valence-corrected chi connectivity index (χ4v) is 3.36. The number of aryl methyl sites for hydroxylation is 1. The third-order valence-electron chi connectivity index (χ3n) is 4.36. The first kappa shape index (κ1) is 17.4. The Morgan fingerprint density at radius 2 is 1.88 bits per heavy atom. The Kier molecular flexibility index (Phi) is 4.24. The Morgan fingerprint density at radius 3 is 2.46 bits per heavy atom. The molecule has 1 aromatic rings. The smallest absolute Gasteiger partial charge is 0.355 e. The molecule has 1 N–H and O–H groups in total. The maximum Gasteiger partial charge on any atom is 0.355 e. The van der Waals surface area contributed by atoms with E-state index in [1.807, 2.05) is 26.8 Å². The van der Waals surface area contributed by atoms with Crippen LogP contribution in [0.1, 0.15) is 43.9 Å². The largest absolute Gasteiger partial charge is 0.452 e. The molecular formula is C17H25NO6. The summed E-state index contributed by atoms with van der Waals surface area (Å²) in [5.74, 6) is -1.28. The van der Waals surface area contributed by atoms with Gasteiger partial charge in [0.1, 0.15) is 11.8 Å². The van der Waals surface area contributed by atoms with Crippen LogP contribution in [-0.2, 0) is 23.7 Å². The molecule has 3 heterocycles. The van der Waals surface area contributed by atoms with Crippen LogP contribution in [0.15, 0.2) is 12.1 Å². The Labute approximate surface area is 141 Å². The van der Waals surface area contributed by atoms with Gasteiger partial charge in [-0.25, -0.2) is 4.79 Å². The minimum Gasteiger partial charge on any atom is -0.452 e. The van der Waals surface area contributed by atoms with Gasteiger partial charge in [0.2, 0.25) is 0 Å². The van der Waals surface area contributed by atoms with E-state index in [0.29, 0.717) is 5.69 Å². The fraction of sp³-hybridized carbons (Fsp3) is 0.706. The van der Waals surface area contributed by atoms with E-state index in [2.05, 4.69) is 4.98 Å². The van der Waals surface area contributed by atoms with Crippen molar-refractivity contribution in [2.24, 2.45) is 0 Å². The van der Waals surface area contributed by atoms with Crippen LogP contribution >= 0.6 is 0 Å². The minimum absolute atomic E-state index is 0.390. The van der Waals surface area contributed by atoms with E-state index < -0.39 is 42.0 Å². The molecule has 0 aliphatic carbocycles. The molecule has 4 atom stereocenters. The van der Waals surface area contributed by atoms with Crippen LogP contribution in [0.3, 0.4) is 0 Å². The van der Waals surface area contributed by atoms with Crippen molar-refractivity contribution in [2.45, 2.75) is 70.6 Å². The van der Waals surface area contributed by atoms with E-state index in [1.165, 1.54) is 0 Å². The molecular weight excluding hydrogens is 314 g/mol. The van der Waals surface area contributed by atoms with E-state index in [4.69, 9.17) is 23.7 Å². The normalized spacial score (nSPS) is 33.9. The summed E-state index contributed by atoms with van der Waals surface area (Å²) in [7, 11) is 1.57. The highest BCUT2D eigenvalue weighted by molar-refractivity contribution is 5.87. The summed E-state index contributed by atoms with van der Waals surface area (Å²) in [4.78, 5) is 15.5. The zero-order valence-corrected chi connectivity index (χ0v) is 14.9. The monoisotopic (exact) mass is 339 g/mol. The quantitative estimate of drug-likeness (QED) is 0.850. The molecule has 24 heavy (non-hydrogen) atoms. The van der Waals surface area contributed by atoms with Gasteiger partial charge in [-0.2, -0.15) is 0 Å². The minimum atomic E-state index is -0.818. The Bertz CT molecular complexity index is 622. The van der Waals surface area contributed by atoms with Crippen molar-refractivity contribution in [1.82, 2.24) is 4.98 Å². The van der Waals surface area contributed by atoms with Crippen LogP contribution in [-0.4, -0.2) is 54.1 Å². The van der Waals surface area contributed by atoms with Crippen molar-refractivity contribution in [3.8, 4) is 0 Å². The first-order valence-electron chi connectivity index (χ1n) is 8.06. The SMILES string of the molecule is COC1C(OC(=O)c2ccc(C)[nH]2)C2OC(C)(C)OC2OC1(C)C. The fourth-order valence-electron chi connectivity index (χ4n) is 3.36. The van der Waals surface area contributed by atoms with Gasteiger partial charge in [0.15, 0.2) is 24.3 Å². The van der Waals surface area contributed by atoms with E-state index in [0.717, 1.165) is 5.69 Å². The molecule has 3 rings (SSSR count). The number of hydrogen-bond acceptors (Lipinski definition) is 6. The molecule has 0 saturated carbocycles. The van der Waals surface area contributed by atoms with Gasteiger partial charge in [-0.15, -0.1) is 0 Å². The highest BCUT2D eigenvalue weighted by Gasteiger charge is 2.59. The van der Waals surface area contributed by atoms with Gasteiger partial charge in [0.25, 0.3) is 0 Å². The van der Waals surface area contributed by atoms with Crippen molar-refractivity contribution >= 4 is 5.97 Å². The molecule has 1 aromatic heterocycles. The summed E-state index contributed by atoms with van der Waals surface area (Å²) in [5, 5.41) is 0. The third kappa shape index (κ3) is 3.09. The molecule has 0 bridgehead atoms. The second kappa shape index (κ2) is 5.84. The summed E-state index contributed by atoms with van der Waals surface area (Å²) < 4.78 is 29.1. The standard InChI is InChI=1S/C17H25NO6/c1-9-7-8-10(18-9)14(19)21-11-12-15(24-17(4,5)22-12)23-16(2,3)13(11)20-6/h7-8,11-13,15,18H,1-6H3. The number of esters is 1. The Hall–Kier alpha value is -1.41. The maximum atomic E-state index is 12.5. The number of rotatable bonds is 3. The van der Waals surface area contributed by atoms with Crippen molar-refractivity contribution < 1.29 is 28.5 Å². The Morgan fingerprint density at radius 1 is 1.17 bits per heavy atom. The molecule has 0 spiro atoms. The van der Waals surface area contributed by atoms with Crippen molar-refractivity contribution in [3.63, 3.8) is 0 Å². The van der Waals surface area contributed by atoms with Crippen LogP contribution in [0, 0.1) is 6.92 Å². The first-order valence-corrected chi connectivity index (χ1v) is 8.06. The summed E-state index contributed by atoms with van der Waals surface area (Å²) in [5.41, 5.74) is 0.578. The van der Waals surface area contributed by atoms with E-state index >= 15 is 0 Å². The summed E-state index contributed by atoms with van der Waals surface area (Å²) >= 11 is 0. The van der Waals surface area contributed by atoms with Crippen LogP contribution in [0.25, 0.3) is 0 Å². The number of H-pyrrole nitrogens is 1. The molecule has 2 aliphatic heterocycles. The van der Waals surface area contributed by atoms with Crippen molar-refractivity contribution in [3.05, 3.63) is 23.5 Å². The molecule has 7 heteroatoms. The van der Waals surface area contributed by atoms with Crippen LogP contribution in [0.5, 0.6) is 0 Å². The lowest BCUT2D eigenvalue weighted by atomic mass is 9.89. The molecule has 0 aromatic carbocycles. The topological polar surface area (TPSA) is 79.0 Å². The average Bonchev–Trinajstić information content (AvgIpc) is 3.00. The van der Waals surface area contributed by atoms with Crippen LogP contribution in [0.2, 0.25) is 0 Å². The summed E-state index contributed by atoms with van der Waals surface area (Å²) in [6.45, 7) is 9.24. The lowest BCUT2D eigenvalue weighted by Crippen LogP contribution is -2.62. The number of carbonyl (C=O) groups excluding carboxylic acids is 1. The third-order valence-corrected chi connectivity index (χ3v) is 4.36. The molecule has 2 fully saturated rings. The number of methoxy groups -OCH3 is 1. The summed E-state index contributed by atoms with van der Waals surface area (Å²) in [6.07, 6.45) is -2.32. The predicted molar refractivity (Wildman–Crippen MR) is 84.5 cm³/mol. The number of ether oxygens (including phenoxy) is 5. The van der Waals surface area contributed by atoms with Crippen molar-refractivity contribution in [1.29, 1.82) is 0 Å². The van der Waals surface area contributed by atoms with Gasteiger partial charge < -0.3 is 28.7 Å². The van der Waals surface area contributed by atoms with Gasteiger partial charge in [-0.3, -0.25) is 0 Å². The zero-order chi connectivity index (χ0) is 17.7. The van der Waals surface area contributed by atoms with Crippen LogP contribution in [0.4, 0.5) is 0 Å². The number of carbonyl (C=O) groups is 1. The first-order chi connectivity index (χ1) is 11.1. The molecule has 2 saturated heterocycles. The molecule has 134 valence electrons. The second-order valence-corrected chi connectivity index (χ2v) is 7.27. The van der Waals surface area contributed by atoms with Gasteiger partial charge in [-0.1, -0.05) is 0 Å². The Balaban J connectivity index is 1.87. The highest BCUT2D eigenvalue weighted by Crippen LogP contribution is 2.42. The molecule has 0 radical (unpaired) electrons. The molecule has 0 amide bonds. The number of nitrogens with one attached hydrogen (secondary N) is 1. The van der Waals surface area contributed by atoms with Gasteiger partial charge in [0.05, 0.1) is 5.60 Å². The van der Waals surface area contributed by atoms with Crippen molar-refractivity contribution in [2.75, 3.05) is 7.11 Å². The summed E-state index contributed by atoms with van der Waals surface area (Å²) in [6, 6.07) is 3.51. The predicted octanol–water partition coefficient (Wildman–Crippen LogP) is 2.15. The van der Waals surface area contributed by atoms with Crippen LogP contribution < -0.4 is 0 Å². The second-order valence-electron chi connectivity index (χ2n) is 7.27. The van der Waals surface area contributed by atoms with E-state index in [9.17, 15) is 4.79 Å². The molecule has 4 unspecified atom stereocenters. The lowest BCUT2D eigenvalue weighted by Gasteiger charge is -2.46. The van der Waals surface area contributed by atoms with E-state index in [-0.39, 0.29) is 0 Å². The number of aromatic nitrogens is 1. The number of aromatic amines is 1. The molecule has 7 nitrogen and oxygen atoms in total. The lowest BCUT2D eigenvalue weighted by molar-refractivity contribution is -0.286. The van der Waals surface area contributed by atoms with Gasteiger partial charge in [-0.05, 0) is 46.8 Å². The van der Waals surface area contributed by atoms with Gasteiger partial charge >= 0.3 is 5.97 Å². The zero-order valence-electron chi connectivity index (χ0n) is 14.9. The van der Waals surface area contributed by atoms with E-state index in [1.54, 1.807) is 27.0 Å². The van der Waals surface area contributed by atoms with Gasteiger partial charge in [0, 0.05) is 12.8 Å². The number of fused-ring (bicyclic) bond motifs is 1. The number of hydrogen-bond donors (Lipinski definition) is 1. The highest BCUT2D eigenvalue weighted by atomic mass is 16.8. The molecule has 2 aliphatic rings. The maximum absolute atomic E-state index is 12.5. The average molecular weight is 339 g/mol.